The van der Waals surface area contributed by atoms with E-state index in [4.69, 9.17) is 26.3 Å². The highest BCUT2D eigenvalue weighted by atomic mass is 35.5. The second-order valence-corrected chi connectivity index (χ2v) is 14.2. The number of hydrogen-bond acceptors (Lipinski definition) is 8. The number of piperidine rings is 1. The summed E-state index contributed by atoms with van der Waals surface area (Å²) in [7, 11) is 0. The van der Waals surface area contributed by atoms with Gasteiger partial charge < -0.3 is 24.4 Å². The molecule has 0 bridgehead atoms. The van der Waals surface area contributed by atoms with Crippen molar-refractivity contribution in [1.29, 1.82) is 5.26 Å². The first kappa shape index (κ1) is 39.4. The van der Waals surface area contributed by atoms with Crippen molar-refractivity contribution in [3.05, 3.63) is 99.6 Å². The zero-order valence-corrected chi connectivity index (χ0v) is 30.6. The number of aliphatic hydroxyl groups excluding tert-OH is 1. The number of aliphatic hydroxyl groups is 1. The van der Waals surface area contributed by atoms with Crippen molar-refractivity contribution in [1.82, 2.24) is 14.8 Å². The summed E-state index contributed by atoms with van der Waals surface area (Å²) in [5.74, 6) is -1.93. The molecule has 3 aromatic rings. The van der Waals surface area contributed by atoms with Crippen LogP contribution >= 0.6 is 11.6 Å². The van der Waals surface area contributed by atoms with Crippen LogP contribution in [0.2, 0.25) is 5.02 Å². The Kier molecular flexibility index (Phi) is 13.3. The Hall–Kier alpha value is -4.37. The van der Waals surface area contributed by atoms with E-state index in [-0.39, 0.29) is 42.2 Å². The molecule has 12 heteroatoms. The van der Waals surface area contributed by atoms with E-state index in [9.17, 15) is 19.5 Å². The number of nitriles is 1. The van der Waals surface area contributed by atoms with Crippen LogP contribution in [-0.4, -0.2) is 69.6 Å². The van der Waals surface area contributed by atoms with E-state index in [0.717, 1.165) is 23.9 Å². The average molecular weight is 721 g/mol. The van der Waals surface area contributed by atoms with Gasteiger partial charge in [0.05, 0.1) is 36.6 Å². The van der Waals surface area contributed by atoms with E-state index < -0.39 is 41.0 Å². The van der Waals surface area contributed by atoms with Gasteiger partial charge >= 0.3 is 6.09 Å². The van der Waals surface area contributed by atoms with Gasteiger partial charge in [0.15, 0.2) is 12.0 Å². The fraction of sp³-hybridized carbons (Fsp3) is 0.462. The number of ketones is 1. The van der Waals surface area contributed by atoms with Crippen LogP contribution in [0.3, 0.4) is 0 Å². The van der Waals surface area contributed by atoms with Crippen LogP contribution in [0.25, 0.3) is 0 Å². The first-order valence-corrected chi connectivity index (χ1v) is 17.7. The molecule has 1 N–H and O–H groups in total. The van der Waals surface area contributed by atoms with Crippen LogP contribution in [0, 0.1) is 28.5 Å². The van der Waals surface area contributed by atoms with Crippen LogP contribution in [0.4, 0.5) is 9.18 Å². The van der Waals surface area contributed by atoms with Gasteiger partial charge in [0.25, 0.3) is 5.91 Å². The molecule has 1 atom stereocenters. The van der Waals surface area contributed by atoms with Gasteiger partial charge in [-0.1, -0.05) is 43.6 Å². The van der Waals surface area contributed by atoms with Crippen LogP contribution in [-0.2, 0) is 16.0 Å². The third-order valence-corrected chi connectivity index (χ3v) is 9.06. The van der Waals surface area contributed by atoms with Gasteiger partial charge in [-0.15, -0.1) is 0 Å². The first-order valence-electron chi connectivity index (χ1n) is 17.3. The average Bonchev–Trinajstić information content (AvgIpc) is 3.87. The minimum atomic E-state index is -1.06. The number of amides is 2. The lowest BCUT2D eigenvalue weighted by molar-refractivity contribution is -0.0676. The number of pyridine rings is 1. The molecule has 1 saturated carbocycles. The number of likely N-dealkylation sites (tertiary alicyclic amines) is 1. The molecule has 2 fully saturated rings. The normalized spacial score (nSPS) is 17.6. The maximum absolute atomic E-state index is 15.8. The molecule has 10 nitrogen and oxygen atoms in total. The molecule has 6 rings (SSSR count). The summed E-state index contributed by atoms with van der Waals surface area (Å²) in [6, 6.07) is 17.2. The van der Waals surface area contributed by atoms with Gasteiger partial charge in [0.1, 0.15) is 17.5 Å². The SMILES string of the molecule is CC.CC(C)(C)OC(=O)N1CCC(C(=O)c2cc(F)c3c(c2)C(=O)N(Cc2ccc(C#N)cn2)C3OCC2(CO)CC2)CC1.Clc1ccccc1. The maximum atomic E-state index is 15.8. The Morgan fingerprint density at radius 2 is 1.76 bits per heavy atom. The summed E-state index contributed by atoms with van der Waals surface area (Å²) in [6.07, 6.45) is 2.25. The molecule has 1 aliphatic carbocycles. The molecule has 51 heavy (non-hydrogen) atoms. The summed E-state index contributed by atoms with van der Waals surface area (Å²) >= 11 is 5.54. The quantitative estimate of drug-likeness (QED) is 0.234. The second kappa shape index (κ2) is 17.2. The van der Waals surface area contributed by atoms with Crippen LogP contribution in [0.1, 0.15) is 104 Å². The fourth-order valence-electron chi connectivity index (χ4n) is 5.77. The summed E-state index contributed by atoms with van der Waals surface area (Å²) in [4.78, 5) is 46.7. The van der Waals surface area contributed by atoms with Crippen molar-refractivity contribution in [3.63, 3.8) is 0 Å². The van der Waals surface area contributed by atoms with E-state index >= 15 is 4.39 Å². The Morgan fingerprint density at radius 1 is 1.10 bits per heavy atom. The van der Waals surface area contributed by atoms with Crippen molar-refractivity contribution in [2.24, 2.45) is 11.3 Å². The fourth-order valence-corrected chi connectivity index (χ4v) is 5.92. The molecule has 2 amide bonds. The van der Waals surface area contributed by atoms with Crippen molar-refractivity contribution < 1.29 is 33.4 Å². The molecule has 2 aliphatic heterocycles. The van der Waals surface area contributed by atoms with E-state index in [1.165, 1.54) is 17.2 Å². The van der Waals surface area contributed by atoms with Crippen molar-refractivity contribution in [3.8, 4) is 6.07 Å². The predicted octanol–water partition coefficient (Wildman–Crippen LogP) is 7.73. The Labute approximate surface area is 304 Å². The minimum absolute atomic E-state index is 0.00184. The predicted molar refractivity (Wildman–Crippen MR) is 190 cm³/mol. The number of fused-ring (bicyclic) bond motifs is 1. The number of benzene rings is 2. The molecule has 3 heterocycles. The standard InChI is InChI=1S/C31H35FN4O6.C6H5Cl.C2H6/c1-30(2,3)42-29(40)35-10-6-20(7-11-35)26(38)21-12-23-25(24(32)13-21)28(41-18-31(17-37)8-9-31)36(27(23)39)16-22-5-4-19(14-33)15-34-22;7-6-4-2-1-3-5-6;1-2/h4-5,12-13,15,20,28,37H,6-11,16-18H2,1-3H3;1-5H;1-2H3. The Morgan fingerprint density at radius 3 is 2.27 bits per heavy atom. The summed E-state index contributed by atoms with van der Waals surface area (Å²) in [6.45, 7) is 10.1. The van der Waals surface area contributed by atoms with Crippen LogP contribution < -0.4 is 0 Å². The number of halogens is 2. The van der Waals surface area contributed by atoms with Gasteiger partial charge in [-0.2, -0.15) is 5.26 Å². The lowest BCUT2D eigenvalue weighted by Crippen LogP contribution is -2.43. The Bertz CT molecular complexity index is 1710. The monoisotopic (exact) mass is 720 g/mol. The molecular formula is C39H46ClFN4O6. The van der Waals surface area contributed by atoms with E-state index in [1.807, 2.05) is 50.2 Å². The van der Waals surface area contributed by atoms with Gasteiger partial charge in [-0.05, 0) is 82.9 Å². The van der Waals surface area contributed by atoms with Gasteiger partial charge in [0, 0.05) is 46.8 Å². The number of aromatic nitrogens is 1. The molecule has 0 spiro atoms. The first-order chi connectivity index (χ1) is 24.3. The number of Topliss-reactive ketones (excluding diaryl/α,β-unsaturated/α-hetero) is 1. The molecular weight excluding hydrogens is 675 g/mol. The Balaban J connectivity index is 0.000000571. The number of ether oxygens (including phenoxy) is 2. The summed E-state index contributed by atoms with van der Waals surface area (Å²) in [5, 5.41) is 19.6. The van der Waals surface area contributed by atoms with E-state index in [0.29, 0.717) is 37.2 Å². The molecule has 1 unspecified atom stereocenters. The number of nitrogens with zero attached hydrogens (tertiary/aromatic N) is 4. The van der Waals surface area contributed by atoms with Crippen LogP contribution in [0.15, 0.2) is 60.8 Å². The molecule has 272 valence electrons. The van der Waals surface area contributed by atoms with E-state index in [1.54, 1.807) is 37.8 Å². The molecule has 3 aliphatic rings. The van der Waals surface area contributed by atoms with Gasteiger partial charge in [-0.3, -0.25) is 14.6 Å². The third kappa shape index (κ3) is 10.1. The number of carbonyl (C=O) groups is 3. The molecule has 1 aromatic heterocycles. The molecule has 0 radical (unpaired) electrons. The molecule has 1 saturated heterocycles. The highest BCUT2D eigenvalue weighted by Crippen LogP contribution is 2.47. The van der Waals surface area contributed by atoms with Gasteiger partial charge in [0.2, 0.25) is 0 Å². The smallest absolute Gasteiger partial charge is 0.410 e. The summed E-state index contributed by atoms with van der Waals surface area (Å²) < 4.78 is 27.3. The highest BCUT2D eigenvalue weighted by molar-refractivity contribution is 6.30. The zero-order valence-electron chi connectivity index (χ0n) is 29.8. The molecule has 2 aromatic carbocycles. The van der Waals surface area contributed by atoms with Crippen molar-refractivity contribution in [2.45, 2.75) is 78.7 Å². The minimum Gasteiger partial charge on any atom is -0.444 e. The van der Waals surface area contributed by atoms with Crippen LogP contribution in [0.5, 0.6) is 0 Å². The van der Waals surface area contributed by atoms with Crippen molar-refractivity contribution in [2.75, 3.05) is 26.3 Å². The zero-order chi connectivity index (χ0) is 37.3. The van der Waals surface area contributed by atoms with Crippen molar-refractivity contribution >= 4 is 29.4 Å². The van der Waals surface area contributed by atoms with E-state index in [2.05, 4.69) is 4.98 Å². The number of rotatable bonds is 8. The number of carbonyl (C=O) groups excluding carboxylic acids is 3. The lowest BCUT2D eigenvalue weighted by Gasteiger charge is -2.33. The topological polar surface area (TPSA) is 133 Å². The maximum Gasteiger partial charge on any atom is 0.410 e. The third-order valence-electron chi connectivity index (χ3n) is 8.81. The second-order valence-electron chi connectivity index (χ2n) is 13.7. The largest absolute Gasteiger partial charge is 0.444 e. The summed E-state index contributed by atoms with van der Waals surface area (Å²) in [5.41, 5.74) is 0.0382. The lowest BCUT2D eigenvalue weighted by atomic mass is 9.88. The number of hydrogen-bond donors (Lipinski definition) is 1. The van der Waals surface area contributed by atoms with Gasteiger partial charge in [-0.25, -0.2) is 9.18 Å². The highest BCUT2D eigenvalue weighted by Gasteiger charge is 2.46.